The molecule has 0 radical (unpaired) electrons. The van der Waals surface area contributed by atoms with Crippen LogP contribution < -0.4 is 5.32 Å². The van der Waals surface area contributed by atoms with Crippen LogP contribution in [0.2, 0.25) is 5.02 Å². The van der Waals surface area contributed by atoms with Gasteiger partial charge in [0.1, 0.15) is 6.04 Å². The van der Waals surface area contributed by atoms with Gasteiger partial charge in [-0.1, -0.05) is 23.7 Å². The normalized spacial score (nSPS) is 24.4. The Morgan fingerprint density at radius 1 is 1.47 bits per heavy atom. The number of piperidine rings is 1. The predicted molar refractivity (Wildman–Crippen MR) is 67.2 cm³/mol. The Labute approximate surface area is 106 Å². The molecule has 1 saturated heterocycles. The molecule has 17 heavy (non-hydrogen) atoms. The van der Waals surface area contributed by atoms with Gasteiger partial charge in [-0.2, -0.15) is 0 Å². The topological polar surface area (TPSA) is 38.3 Å². The highest BCUT2D eigenvalue weighted by atomic mass is 35.5. The third-order valence-corrected chi connectivity index (χ3v) is 3.46. The van der Waals surface area contributed by atoms with Crippen LogP contribution in [0.3, 0.4) is 0 Å². The number of hydrogen-bond donors (Lipinski definition) is 1. The Morgan fingerprint density at radius 2 is 2.29 bits per heavy atom. The molecule has 1 aromatic rings. The van der Waals surface area contributed by atoms with Crippen molar-refractivity contribution < 1.29 is 9.53 Å². The van der Waals surface area contributed by atoms with Gasteiger partial charge in [-0.25, -0.2) is 0 Å². The number of carbonyl (C=O) groups excluding carboxylic acids is 1. The lowest BCUT2D eigenvalue weighted by Gasteiger charge is -2.28. The van der Waals surface area contributed by atoms with Gasteiger partial charge in [0.15, 0.2) is 0 Å². The van der Waals surface area contributed by atoms with Crippen molar-refractivity contribution in [2.24, 2.45) is 0 Å². The van der Waals surface area contributed by atoms with Crippen LogP contribution in [0.1, 0.15) is 24.3 Å². The van der Waals surface area contributed by atoms with Crippen LogP contribution in [0, 0.1) is 0 Å². The summed E-state index contributed by atoms with van der Waals surface area (Å²) in [5.74, 6) is 0.254. The molecule has 0 saturated carbocycles. The number of rotatable bonds is 2. The fourth-order valence-corrected chi connectivity index (χ4v) is 2.44. The fourth-order valence-electron chi connectivity index (χ4n) is 2.24. The molecule has 92 valence electrons. The van der Waals surface area contributed by atoms with Crippen LogP contribution in [0.15, 0.2) is 24.3 Å². The van der Waals surface area contributed by atoms with Crippen molar-refractivity contribution in [3.05, 3.63) is 34.9 Å². The average Bonchev–Trinajstić information content (AvgIpc) is 2.38. The van der Waals surface area contributed by atoms with Gasteiger partial charge < -0.3 is 10.1 Å². The Kier molecular flexibility index (Phi) is 4.02. The molecular formula is C13H16ClNO2. The minimum atomic E-state index is -0.172. The predicted octanol–water partition coefficient (Wildman–Crippen LogP) is 2.35. The Morgan fingerprint density at radius 3 is 2.88 bits per heavy atom. The summed E-state index contributed by atoms with van der Waals surface area (Å²) in [6, 6.07) is 7.75. The number of halogens is 1. The first-order valence-corrected chi connectivity index (χ1v) is 6.15. The Balaban J connectivity index is 1.97. The highest BCUT2D eigenvalue weighted by Gasteiger charge is 2.26. The fraction of sp³-hybridized carbons (Fsp3) is 0.462. The summed E-state index contributed by atoms with van der Waals surface area (Å²) in [4.78, 5) is 11.4. The molecule has 2 rings (SSSR count). The van der Waals surface area contributed by atoms with Crippen molar-refractivity contribution >= 4 is 17.6 Å². The highest BCUT2D eigenvalue weighted by molar-refractivity contribution is 6.30. The first kappa shape index (κ1) is 12.4. The molecule has 3 nitrogen and oxygen atoms in total. The number of esters is 1. The summed E-state index contributed by atoms with van der Waals surface area (Å²) in [5.41, 5.74) is 1.23. The van der Waals surface area contributed by atoms with E-state index in [4.69, 9.17) is 16.3 Å². The maximum Gasteiger partial charge on any atom is 0.322 e. The molecule has 2 atom stereocenters. The van der Waals surface area contributed by atoms with Crippen LogP contribution in [0.4, 0.5) is 0 Å². The zero-order valence-electron chi connectivity index (χ0n) is 9.78. The minimum absolute atomic E-state index is 0.157. The van der Waals surface area contributed by atoms with E-state index in [0.29, 0.717) is 5.92 Å². The minimum Gasteiger partial charge on any atom is -0.468 e. The van der Waals surface area contributed by atoms with E-state index in [1.165, 1.54) is 12.7 Å². The van der Waals surface area contributed by atoms with Gasteiger partial charge in [0, 0.05) is 11.6 Å². The van der Waals surface area contributed by atoms with Gasteiger partial charge in [0.2, 0.25) is 0 Å². The van der Waals surface area contributed by atoms with E-state index in [9.17, 15) is 4.79 Å². The Bertz CT molecular complexity index is 400. The molecule has 0 aromatic heterocycles. The van der Waals surface area contributed by atoms with Crippen LogP contribution >= 0.6 is 11.6 Å². The third-order valence-electron chi connectivity index (χ3n) is 3.22. The van der Waals surface area contributed by atoms with Crippen molar-refractivity contribution in [3.63, 3.8) is 0 Å². The smallest absolute Gasteiger partial charge is 0.322 e. The second-order valence-corrected chi connectivity index (χ2v) is 4.75. The van der Waals surface area contributed by atoms with Gasteiger partial charge in [0.25, 0.3) is 0 Å². The first-order valence-electron chi connectivity index (χ1n) is 5.77. The first-order chi connectivity index (χ1) is 8.20. The van der Waals surface area contributed by atoms with E-state index in [0.717, 1.165) is 24.4 Å². The molecule has 0 bridgehead atoms. The Hall–Kier alpha value is -1.06. The van der Waals surface area contributed by atoms with Gasteiger partial charge in [-0.15, -0.1) is 0 Å². The number of nitrogens with one attached hydrogen (secondary N) is 1. The van der Waals surface area contributed by atoms with Gasteiger partial charge >= 0.3 is 5.97 Å². The van der Waals surface area contributed by atoms with E-state index < -0.39 is 0 Å². The summed E-state index contributed by atoms with van der Waals surface area (Å²) in [6.45, 7) is 0.792. The second kappa shape index (κ2) is 5.52. The summed E-state index contributed by atoms with van der Waals surface area (Å²) in [5, 5.41) is 3.98. The van der Waals surface area contributed by atoms with E-state index in [1.54, 1.807) is 0 Å². The van der Waals surface area contributed by atoms with Crippen LogP contribution in [-0.4, -0.2) is 25.7 Å². The van der Waals surface area contributed by atoms with E-state index in [-0.39, 0.29) is 12.0 Å². The number of methoxy groups -OCH3 is 1. The third kappa shape index (κ3) is 2.99. The highest BCUT2D eigenvalue weighted by Crippen LogP contribution is 2.27. The molecule has 1 N–H and O–H groups in total. The van der Waals surface area contributed by atoms with E-state index in [1.807, 2.05) is 18.2 Å². The number of carbonyl (C=O) groups is 1. The lowest BCUT2D eigenvalue weighted by Crippen LogP contribution is -2.43. The molecule has 1 aromatic carbocycles. The molecule has 4 heteroatoms. The maximum absolute atomic E-state index is 11.4. The summed E-state index contributed by atoms with van der Waals surface area (Å²) >= 11 is 5.97. The lowest BCUT2D eigenvalue weighted by molar-refractivity contribution is -0.143. The molecule has 0 spiro atoms. The number of benzene rings is 1. The van der Waals surface area contributed by atoms with E-state index in [2.05, 4.69) is 11.4 Å². The number of hydrogen-bond acceptors (Lipinski definition) is 3. The van der Waals surface area contributed by atoms with Gasteiger partial charge in [0.05, 0.1) is 7.11 Å². The van der Waals surface area contributed by atoms with Crippen LogP contribution in [-0.2, 0) is 9.53 Å². The zero-order valence-corrected chi connectivity index (χ0v) is 10.5. The summed E-state index contributed by atoms with van der Waals surface area (Å²) in [7, 11) is 1.42. The van der Waals surface area contributed by atoms with Crippen LogP contribution in [0.5, 0.6) is 0 Å². The van der Waals surface area contributed by atoms with Gasteiger partial charge in [-0.3, -0.25) is 4.79 Å². The quantitative estimate of drug-likeness (QED) is 0.823. The number of ether oxygens (including phenoxy) is 1. The largest absolute Gasteiger partial charge is 0.468 e. The standard InChI is InChI=1S/C13H16ClNO2/c1-17-13(16)12-6-5-10(8-15-12)9-3-2-4-11(14)7-9/h2-4,7,10,12,15H,5-6,8H2,1H3. The average molecular weight is 254 g/mol. The zero-order chi connectivity index (χ0) is 12.3. The van der Waals surface area contributed by atoms with E-state index >= 15 is 0 Å². The van der Waals surface area contributed by atoms with Crippen molar-refractivity contribution in [3.8, 4) is 0 Å². The molecule has 1 fully saturated rings. The van der Waals surface area contributed by atoms with Crippen molar-refractivity contribution in [2.75, 3.05) is 13.7 Å². The molecule has 0 aliphatic carbocycles. The van der Waals surface area contributed by atoms with Crippen molar-refractivity contribution in [2.45, 2.75) is 24.8 Å². The molecule has 1 heterocycles. The second-order valence-electron chi connectivity index (χ2n) is 4.31. The summed E-state index contributed by atoms with van der Waals surface area (Å²) < 4.78 is 4.73. The van der Waals surface area contributed by atoms with Crippen molar-refractivity contribution in [1.82, 2.24) is 5.32 Å². The monoisotopic (exact) mass is 253 g/mol. The van der Waals surface area contributed by atoms with Gasteiger partial charge in [-0.05, 0) is 36.5 Å². The van der Waals surface area contributed by atoms with Crippen molar-refractivity contribution in [1.29, 1.82) is 0 Å². The molecule has 0 amide bonds. The van der Waals surface area contributed by atoms with Crippen LogP contribution in [0.25, 0.3) is 0 Å². The maximum atomic E-state index is 11.4. The molecule has 1 aliphatic rings. The lowest BCUT2D eigenvalue weighted by atomic mass is 9.89. The molecular weight excluding hydrogens is 238 g/mol. The molecule has 2 unspecified atom stereocenters. The summed E-state index contributed by atoms with van der Waals surface area (Å²) in [6.07, 6.45) is 1.79. The SMILES string of the molecule is COC(=O)C1CCC(c2cccc(Cl)c2)CN1. The molecule has 1 aliphatic heterocycles.